The summed E-state index contributed by atoms with van der Waals surface area (Å²) in [5.41, 5.74) is 3.53. The highest BCUT2D eigenvalue weighted by atomic mass is 79.9. The van der Waals surface area contributed by atoms with Crippen LogP contribution in [0.25, 0.3) is 0 Å². The highest BCUT2D eigenvalue weighted by molar-refractivity contribution is 9.10. The number of amidine groups is 1. The molecule has 110 valence electrons. The number of halogens is 3. The van der Waals surface area contributed by atoms with E-state index in [4.69, 9.17) is 0 Å². The molecule has 2 N–H and O–H groups in total. The predicted molar refractivity (Wildman–Crippen MR) is 84.9 cm³/mol. The van der Waals surface area contributed by atoms with E-state index in [2.05, 4.69) is 31.8 Å². The third-order valence-corrected chi connectivity index (χ3v) is 4.08. The first-order valence-corrected chi connectivity index (χ1v) is 7.26. The Labute approximate surface area is 132 Å². The average Bonchev–Trinajstić information content (AvgIpc) is 3.02. The SMILES string of the molecule is Cl.Fc1cc(Br)ccc1N1CNN=C1C[C@@H]1CCNC1. The van der Waals surface area contributed by atoms with Gasteiger partial charge in [0.15, 0.2) is 0 Å². The predicted octanol–water partition coefficient (Wildman–Crippen LogP) is 2.69. The zero-order chi connectivity index (χ0) is 13.2. The third kappa shape index (κ3) is 3.24. The molecule has 1 saturated heterocycles. The number of anilines is 1. The molecule has 1 aromatic carbocycles. The van der Waals surface area contributed by atoms with Gasteiger partial charge in [0.2, 0.25) is 0 Å². The van der Waals surface area contributed by atoms with Crippen molar-refractivity contribution in [3.63, 3.8) is 0 Å². The van der Waals surface area contributed by atoms with E-state index in [9.17, 15) is 4.39 Å². The normalized spacial score (nSPS) is 21.4. The summed E-state index contributed by atoms with van der Waals surface area (Å²) < 4.78 is 14.8. The summed E-state index contributed by atoms with van der Waals surface area (Å²) >= 11 is 3.28. The van der Waals surface area contributed by atoms with E-state index >= 15 is 0 Å². The van der Waals surface area contributed by atoms with Crippen molar-refractivity contribution >= 4 is 39.9 Å². The van der Waals surface area contributed by atoms with Crippen molar-refractivity contribution < 1.29 is 4.39 Å². The summed E-state index contributed by atoms with van der Waals surface area (Å²) in [5, 5.41) is 7.65. The van der Waals surface area contributed by atoms with Gasteiger partial charge in [-0.2, -0.15) is 5.10 Å². The molecule has 0 bridgehead atoms. The molecule has 0 aliphatic carbocycles. The van der Waals surface area contributed by atoms with E-state index < -0.39 is 0 Å². The third-order valence-electron chi connectivity index (χ3n) is 3.58. The molecule has 0 unspecified atom stereocenters. The van der Waals surface area contributed by atoms with Gasteiger partial charge in [0, 0.05) is 10.9 Å². The monoisotopic (exact) mass is 362 g/mol. The topological polar surface area (TPSA) is 39.7 Å². The molecule has 0 aromatic heterocycles. The summed E-state index contributed by atoms with van der Waals surface area (Å²) in [6, 6.07) is 5.13. The van der Waals surface area contributed by atoms with Crippen LogP contribution in [-0.4, -0.2) is 25.6 Å². The Morgan fingerprint density at radius 1 is 1.45 bits per heavy atom. The van der Waals surface area contributed by atoms with Crippen LogP contribution in [0.3, 0.4) is 0 Å². The molecule has 0 radical (unpaired) electrons. The number of nitrogens with one attached hydrogen (secondary N) is 2. The van der Waals surface area contributed by atoms with Crippen molar-refractivity contribution in [2.75, 3.05) is 24.7 Å². The number of benzene rings is 1. The largest absolute Gasteiger partial charge is 0.316 e. The maximum atomic E-state index is 14.0. The second-order valence-corrected chi connectivity index (χ2v) is 5.85. The number of hydrogen-bond acceptors (Lipinski definition) is 4. The van der Waals surface area contributed by atoms with Gasteiger partial charge >= 0.3 is 0 Å². The summed E-state index contributed by atoms with van der Waals surface area (Å²) in [4.78, 5) is 1.92. The van der Waals surface area contributed by atoms with Gasteiger partial charge in [-0.15, -0.1) is 12.4 Å². The highest BCUT2D eigenvalue weighted by Gasteiger charge is 2.25. The summed E-state index contributed by atoms with van der Waals surface area (Å²) in [7, 11) is 0. The minimum absolute atomic E-state index is 0. The molecule has 7 heteroatoms. The first-order chi connectivity index (χ1) is 9.24. The molecule has 2 aliphatic rings. The minimum Gasteiger partial charge on any atom is -0.316 e. The van der Waals surface area contributed by atoms with E-state index in [1.807, 2.05) is 11.0 Å². The molecule has 2 heterocycles. The second kappa shape index (κ2) is 6.74. The van der Waals surface area contributed by atoms with Crippen LogP contribution in [0.2, 0.25) is 0 Å². The van der Waals surface area contributed by atoms with Gasteiger partial charge in [0.05, 0.1) is 5.69 Å². The van der Waals surface area contributed by atoms with E-state index in [0.29, 0.717) is 18.3 Å². The fourth-order valence-corrected chi connectivity index (χ4v) is 2.91. The first kappa shape index (κ1) is 15.5. The molecular weight excluding hydrogens is 347 g/mol. The fraction of sp³-hybridized carbons (Fsp3) is 0.462. The lowest BCUT2D eigenvalue weighted by Gasteiger charge is -2.21. The second-order valence-electron chi connectivity index (χ2n) is 4.93. The Bertz CT molecular complexity index is 505. The van der Waals surface area contributed by atoms with Crippen LogP contribution in [-0.2, 0) is 0 Å². The van der Waals surface area contributed by atoms with Gasteiger partial charge in [-0.3, -0.25) is 5.43 Å². The lowest BCUT2D eigenvalue weighted by Crippen LogP contribution is -2.31. The quantitative estimate of drug-likeness (QED) is 0.867. The van der Waals surface area contributed by atoms with Crippen molar-refractivity contribution in [1.29, 1.82) is 0 Å². The summed E-state index contributed by atoms with van der Waals surface area (Å²) in [5.74, 6) is 1.30. The Hall–Kier alpha value is -0.850. The number of hydrazone groups is 1. The van der Waals surface area contributed by atoms with Gasteiger partial charge in [-0.25, -0.2) is 4.39 Å². The molecule has 0 saturated carbocycles. The standard InChI is InChI=1S/C13H16BrFN4.ClH/c14-10-1-2-12(11(15)6-10)19-8-17-18-13(19)5-9-3-4-16-7-9;/h1-2,6,9,16-17H,3-5,7-8H2;1H/t9-;/m0./s1. The number of rotatable bonds is 3. The average molecular weight is 364 g/mol. The van der Waals surface area contributed by atoms with Crippen LogP contribution in [0.1, 0.15) is 12.8 Å². The number of nitrogens with zero attached hydrogens (tertiary/aromatic N) is 2. The minimum atomic E-state index is -0.227. The molecule has 1 fully saturated rings. The van der Waals surface area contributed by atoms with Crippen LogP contribution >= 0.6 is 28.3 Å². The molecular formula is C13H17BrClFN4. The fourth-order valence-electron chi connectivity index (χ4n) is 2.58. The Balaban J connectivity index is 0.00000147. The Morgan fingerprint density at radius 2 is 2.30 bits per heavy atom. The Morgan fingerprint density at radius 3 is 3.00 bits per heavy atom. The zero-order valence-corrected chi connectivity index (χ0v) is 13.3. The van der Waals surface area contributed by atoms with E-state index in [1.54, 1.807) is 6.07 Å². The van der Waals surface area contributed by atoms with E-state index in [0.717, 1.165) is 36.2 Å². The van der Waals surface area contributed by atoms with Crippen LogP contribution in [0.4, 0.5) is 10.1 Å². The van der Waals surface area contributed by atoms with Crippen molar-refractivity contribution in [2.45, 2.75) is 12.8 Å². The maximum absolute atomic E-state index is 14.0. The molecule has 0 spiro atoms. The van der Waals surface area contributed by atoms with Gasteiger partial charge in [-0.05, 0) is 43.6 Å². The van der Waals surface area contributed by atoms with Gasteiger partial charge in [0.1, 0.15) is 18.3 Å². The van der Waals surface area contributed by atoms with Crippen molar-refractivity contribution in [3.8, 4) is 0 Å². The van der Waals surface area contributed by atoms with Crippen molar-refractivity contribution in [2.24, 2.45) is 11.0 Å². The first-order valence-electron chi connectivity index (χ1n) is 6.47. The maximum Gasteiger partial charge on any atom is 0.148 e. The van der Waals surface area contributed by atoms with Crippen molar-refractivity contribution in [3.05, 3.63) is 28.5 Å². The molecule has 20 heavy (non-hydrogen) atoms. The summed E-state index contributed by atoms with van der Waals surface area (Å²) in [6.07, 6.45) is 2.05. The smallest absolute Gasteiger partial charge is 0.148 e. The molecule has 2 aliphatic heterocycles. The van der Waals surface area contributed by atoms with Crippen LogP contribution < -0.4 is 15.6 Å². The van der Waals surface area contributed by atoms with Gasteiger partial charge in [-0.1, -0.05) is 15.9 Å². The van der Waals surface area contributed by atoms with Crippen LogP contribution in [0.15, 0.2) is 27.8 Å². The lowest BCUT2D eigenvalue weighted by atomic mass is 10.0. The Kier molecular flexibility index (Phi) is 5.23. The molecule has 1 atom stereocenters. The lowest BCUT2D eigenvalue weighted by molar-refractivity contribution is 0.603. The van der Waals surface area contributed by atoms with E-state index in [1.165, 1.54) is 6.07 Å². The van der Waals surface area contributed by atoms with Gasteiger partial charge < -0.3 is 10.2 Å². The molecule has 3 rings (SSSR count). The van der Waals surface area contributed by atoms with Crippen molar-refractivity contribution in [1.82, 2.24) is 10.7 Å². The zero-order valence-electron chi connectivity index (χ0n) is 10.9. The molecule has 0 amide bonds. The highest BCUT2D eigenvalue weighted by Crippen LogP contribution is 2.26. The molecule has 1 aromatic rings. The molecule has 4 nitrogen and oxygen atoms in total. The summed E-state index contributed by atoms with van der Waals surface area (Å²) in [6.45, 7) is 2.63. The van der Waals surface area contributed by atoms with E-state index in [-0.39, 0.29) is 18.2 Å². The van der Waals surface area contributed by atoms with Crippen LogP contribution in [0, 0.1) is 11.7 Å². The number of hydrogen-bond donors (Lipinski definition) is 2. The van der Waals surface area contributed by atoms with Gasteiger partial charge in [0.25, 0.3) is 0 Å². The van der Waals surface area contributed by atoms with Crippen LogP contribution in [0.5, 0.6) is 0 Å².